The molecule has 1 aromatic rings. The molecule has 20 heavy (non-hydrogen) atoms. The smallest absolute Gasteiger partial charge is 0.189 e. The van der Waals surface area contributed by atoms with E-state index in [2.05, 4.69) is 13.8 Å². The molecule has 0 bridgehead atoms. The molecule has 0 aliphatic rings. The van der Waals surface area contributed by atoms with Gasteiger partial charge in [0, 0.05) is 0 Å². The highest BCUT2D eigenvalue weighted by molar-refractivity contribution is 5.31. The van der Waals surface area contributed by atoms with Gasteiger partial charge >= 0.3 is 0 Å². The van der Waals surface area contributed by atoms with Gasteiger partial charge in [-0.1, -0.05) is 13.8 Å². The minimum absolute atomic E-state index is 0.218. The molecule has 0 fully saturated rings. The van der Waals surface area contributed by atoms with Crippen molar-refractivity contribution in [2.45, 2.75) is 52.7 Å². The molecule has 0 saturated carbocycles. The van der Waals surface area contributed by atoms with Gasteiger partial charge in [0.2, 0.25) is 0 Å². The number of rotatable bonds is 10. The summed E-state index contributed by atoms with van der Waals surface area (Å²) in [5.74, 6) is 1.53. The Hall–Kier alpha value is -1.26. The molecule has 0 aromatic heterocycles. The molecule has 0 aliphatic heterocycles. The molecule has 1 rings (SSSR count). The molecule has 2 unspecified atom stereocenters. The number of hydrogen-bond acceptors (Lipinski definition) is 4. The van der Waals surface area contributed by atoms with Gasteiger partial charge in [0.25, 0.3) is 0 Å². The highest BCUT2D eigenvalue weighted by Crippen LogP contribution is 2.18. The van der Waals surface area contributed by atoms with Crippen molar-refractivity contribution in [1.29, 1.82) is 0 Å². The molecule has 0 heterocycles. The van der Waals surface area contributed by atoms with E-state index in [4.69, 9.17) is 18.9 Å². The number of benzene rings is 1. The lowest BCUT2D eigenvalue weighted by atomic mass is 10.3. The summed E-state index contributed by atoms with van der Waals surface area (Å²) in [4.78, 5) is 0. The van der Waals surface area contributed by atoms with E-state index in [0.29, 0.717) is 0 Å². The summed E-state index contributed by atoms with van der Waals surface area (Å²) in [6.07, 6.45) is 2.39. The first kappa shape index (κ1) is 16.8. The average Bonchev–Trinajstić information content (AvgIpc) is 2.48. The molecule has 4 nitrogen and oxygen atoms in total. The van der Waals surface area contributed by atoms with E-state index >= 15 is 0 Å². The zero-order valence-electron chi connectivity index (χ0n) is 12.9. The van der Waals surface area contributed by atoms with Crippen molar-refractivity contribution >= 4 is 0 Å². The Morgan fingerprint density at radius 3 is 1.40 bits per heavy atom. The van der Waals surface area contributed by atoms with Gasteiger partial charge in [0.15, 0.2) is 13.6 Å². The van der Waals surface area contributed by atoms with E-state index in [1.807, 2.05) is 38.1 Å². The quantitative estimate of drug-likeness (QED) is 0.608. The summed E-state index contributed by atoms with van der Waals surface area (Å²) in [5.41, 5.74) is 0. The SMILES string of the molecule is CCC(C)OCOc1ccc(OCOC(C)CC)cc1. The first-order valence-corrected chi connectivity index (χ1v) is 7.24. The Labute approximate surface area is 122 Å². The van der Waals surface area contributed by atoms with Crippen LogP contribution in [0.2, 0.25) is 0 Å². The van der Waals surface area contributed by atoms with Crippen LogP contribution in [-0.2, 0) is 9.47 Å². The van der Waals surface area contributed by atoms with Gasteiger partial charge in [-0.3, -0.25) is 0 Å². The van der Waals surface area contributed by atoms with Crippen molar-refractivity contribution in [2.75, 3.05) is 13.6 Å². The Morgan fingerprint density at radius 1 is 0.750 bits per heavy atom. The van der Waals surface area contributed by atoms with Crippen LogP contribution in [0.1, 0.15) is 40.5 Å². The summed E-state index contributed by atoms with van der Waals surface area (Å²) in [6.45, 7) is 8.75. The molecular formula is C16H26O4. The third-order valence-electron chi connectivity index (χ3n) is 3.13. The molecule has 4 heteroatoms. The molecule has 1 aromatic carbocycles. The minimum atomic E-state index is 0.218. The van der Waals surface area contributed by atoms with Gasteiger partial charge in [-0.05, 0) is 51.0 Å². The molecule has 2 atom stereocenters. The van der Waals surface area contributed by atoms with Gasteiger partial charge in [-0.2, -0.15) is 0 Å². The maximum Gasteiger partial charge on any atom is 0.189 e. The topological polar surface area (TPSA) is 36.9 Å². The van der Waals surface area contributed by atoms with Crippen LogP contribution in [0, 0.1) is 0 Å². The molecule has 0 amide bonds. The lowest BCUT2D eigenvalue weighted by Gasteiger charge is -2.13. The maximum absolute atomic E-state index is 5.48. The Morgan fingerprint density at radius 2 is 1.10 bits per heavy atom. The molecule has 114 valence electrons. The molecule has 0 N–H and O–H groups in total. The van der Waals surface area contributed by atoms with Gasteiger partial charge in [-0.15, -0.1) is 0 Å². The van der Waals surface area contributed by atoms with Crippen LogP contribution in [-0.4, -0.2) is 25.8 Å². The first-order chi connectivity index (χ1) is 9.65. The minimum Gasteiger partial charge on any atom is -0.468 e. The van der Waals surface area contributed by atoms with Crippen molar-refractivity contribution in [3.05, 3.63) is 24.3 Å². The van der Waals surface area contributed by atoms with Crippen molar-refractivity contribution in [3.63, 3.8) is 0 Å². The van der Waals surface area contributed by atoms with E-state index < -0.39 is 0 Å². The molecule has 0 aliphatic carbocycles. The lowest BCUT2D eigenvalue weighted by molar-refractivity contribution is -0.0309. The summed E-state index contributed by atoms with van der Waals surface area (Å²) in [7, 11) is 0. The van der Waals surface area contributed by atoms with Gasteiger partial charge in [0.05, 0.1) is 12.2 Å². The molecule has 0 saturated heterocycles. The summed E-state index contributed by atoms with van der Waals surface area (Å²) < 4.78 is 21.9. The largest absolute Gasteiger partial charge is 0.468 e. The molecular weight excluding hydrogens is 256 g/mol. The Balaban J connectivity index is 2.26. The van der Waals surface area contributed by atoms with Crippen LogP contribution in [0.3, 0.4) is 0 Å². The van der Waals surface area contributed by atoms with Gasteiger partial charge in [0.1, 0.15) is 11.5 Å². The normalized spacial score (nSPS) is 13.8. The fourth-order valence-corrected chi connectivity index (χ4v) is 1.30. The fourth-order valence-electron chi connectivity index (χ4n) is 1.30. The number of ether oxygens (including phenoxy) is 4. The lowest BCUT2D eigenvalue weighted by Crippen LogP contribution is -2.12. The number of hydrogen-bond donors (Lipinski definition) is 0. The van der Waals surface area contributed by atoms with E-state index in [1.54, 1.807) is 0 Å². The zero-order chi connectivity index (χ0) is 14.8. The predicted octanol–water partition coefficient (Wildman–Crippen LogP) is 3.99. The third kappa shape index (κ3) is 6.78. The zero-order valence-corrected chi connectivity index (χ0v) is 12.9. The average molecular weight is 282 g/mol. The van der Waals surface area contributed by atoms with Crippen LogP contribution in [0.4, 0.5) is 0 Å². The van der Waals surface area contributed by atoms with Gasteiger partial charge < -0.3 is 18.9 Å². The highest BCUT2D eigenvalue weighted by Gasteiger charge is 2.01. The van der Waals surface area contributed by atoms with Crippen LogP contribution < -0.4 is 9.47 Å². The van der Waals surface area contributed by atoms with Crippen LogP contribution in [0.15, 0.2) is 24.3 Å². The van der Waals surface area contributed by atoms with Crippen molar-refractivity contribution in [2.24, 2.45) is 0 Å². The third-order valence-corrected chi connectivity index (χ3v) is 3.13. The van der Waals surface area contributed by atoms with E-state index in [9.17, 15) is 0 Å². The summed E-state index contributed by atoms with van der Waals surface area (Å²) in [6, 6.07) is 7.44. The van der Waals surface area contributed by atoms with E-state index in [1.165, 1.54) is 0 Å². The second-order valence-corrected chi connectivity index (χ2v) is 4.77. The first-order valence-electron chi connectivity index (χ1n) is 7.24. The Kier molecular flexibility index (Phi) is 8.07. The summed E-state index contributed by atoms with van der Waals surface area (Å²) in [5, 5.41) is 0. The predicted molar refractivity (Wildman–Crippen MR) is 79.1 cm³/mol. The van der Waals surface area contributed by atoms with Gasteiger partial charge in [-0.25, -0.2) is 0 Å². The summed E-state index contributed by atoms with van der Waals surface area (Å²) >= 11 is 0. The van der Waals surface area contributed by atoms with Crippen LogP contribution in [0.25, 0.3) is 0 Å². The second-order valence-electron chi connectivity index (χ2n) is 4.77. The van der Waals surface area contributed by atoms with E-state index in [0.717, 1.165) is 24.3 Å². The molecule has 0 spiro atoms. The van der Waals surface area contributed by atoms with Crippen molar-refractivity contribution in [1.82, 2.24) is 0 Å². The maximum atomic E-state index is 5.48. The standard InChI is InChI=1S/C16H26O4/c1-5-13(3)17-11-19-15-7-9-16(10-8-15)20-12-18-14(4)6-2/h7-10,13-14H,5-6,11-12H2,1-4H3. The highest BCUT2D eigenvalue weighted by atomic mass is 16.7. The van der Waals surface area contributed by atoms with Crippen molar-refractivity contribution in [3.8, 4) is 11.5 Å². The Bertz CT molecular complexity index is 315. The van der Waals surface area contributed by atoms with Crippen molar-refractivity contribution < 1.29 is 18.9 Å². The molecule has 0 radical (unpaired) electrons. The second kappa shape index (κ2) is 9.61. The monoisotopic (exact) mass is 282 g/mol. The fraction of sp³-hybridized carbons (Fsp3) is 0.625. The van der Waals surface area contributed by atoms with E-state index in [-0.39, 0.29) is 25.8 Å². The van der Waals surface area contributed by atoms with Crippen LogP contribution in [0.5, 0.6) is 11.5 Å². The van der Waals surface area contributed by atoms with Crippen LogP contribution >= 0.6 is 0 Å².